The lowest BCUT2D eigenvalue weighted by Gasteiger charge is -2.03. The molecule has 1 heterocycles. The van der Waals surface area contributed by atoms with Gasteiger partial charge in [0.25, 0.3) is 0 Å². The molecule has 0 atom stereocenters. The largest absolute Gasteiger partial charge is 0.494 e. The quantitative estimate of drug-likeness (QED) is 0.649. The molecule has 2 amide bonds. The lowest BCUT2D eigenvalue weighted by atomic mass is 10.2. The summed E-state index contributed by atoms with van der Waals surface area (Å²) in [6.07, 6.45) is 2.83. The Morgan fingerprint density at radius 2 is 2.00 bits per heavy atom. The van der Waals surface area contributed by atoms with Crippen molar-refractivity contribution in [3.05, 3.63) is 53.9 Å². The molecule has 0 aliphatic rings. The molecule has 0 fully saturated rings. The summed E-state index contributed by atoms with van der Waals surface area (Å²) in [5.74, 6) is -0.890. The van der Waals surface area contributed by atoms with Crippen LogP contribution in [0.4, 0.5) is 15.2 Å². The molecule has 0 aliphatic heterocycles. The molecule has 0 saturated carbocycles. The molecule has 2 aromatic carbocycles. The van der Waals surface area contributed by atoms with E-state index in [-0.39, 0.29) is 17.6 Å². The summed E-state index contributed by atoms with van der Waals surface area (Å²) < 4.78 is 19.3. The molecular formula is C19H16FN3O3S. The number of benzene rings is 2. The van der Waals surface area contributed by atoms with E-state index < -0.39 is 5.82 Å². The van der Waals surface area contributed by atoms with Crippen LogP contribution in [-0.2, 0) is 9.59 Å². The van der Waals surface area contributed by atoms with E-state index in [0.29, 0.717) is 16.4 Å². The number of fused-ring (bicyclic) bond motifs is 1. The third-order valence-corrected chi connectivity index (χ3v) is 4.48. The van der Waals surface area contributed by atoms with Crippen LogP contribution < -0.4 is 15.4 Å². The molecule has 27 heavy (non-hydrogen) atoms. The fourth-order valence-corrected chi connectivity index (χ4v) is 3.30. The van der Waals surface area contributed by atoms with Gasteiger partial charge in [-0.15, -0.1) is 0 Å². The van der Waals surface area contributed by atoms with Crippen LogP contribution in [0.1, 0.15) is 12.5 Å². The molecule has 3 rings (SSSR count). The van der Waals surface area contributed by atoms with E-state index in [1.54, 1.807) is 24.3 Å². The molecule has 0 radical (unpaired) electrons. The molecule has 3 aromatic rings. The summed E-state index contributed by atoms with van der Waals surface area (Å²) in [6, 6.07) is 9.69. The van der Waals surface area contributed by atoms with Gasteiger partial charge in [0.15, 0.2) is 16.7 Å². The van der Waals surface area contributed by atoms with Gasteiger partial charge in [0, 0.05) is 18.7 Å². The van der Waals surface area contributed by atoms with E-state index in [0.717, 1.165) is 10.2 Å². The topological polar surface area (TPSA) is 80.3 Å². The minimum atomic E-state index is -0.495. The summed E-state index contributed by atoms with van der Waals surface area (Å²) in [7, 11) is 1.39. The van der Waals surface area contributed by atoms with Gasteiger partial charge < -0.3 is 15.4 Å². The molecule has 8 heteroatoms. The maximum atomic E-state index is 13.7. The highest BCUT2D eigenvalue weighted by molar-refractivity contribution is 7.22. The number of aromatic nitrogens is 1. The molecular weight excluding hydrogens is 369 g/mol. The molecule has 0 unspecified atom stereocenters. The number of nitrogens with one attached hydrogen (secondary N) is 2. The first kappa shape index (κ1) is 18.5. The Labute approximate surface area is 158 Å². The van der Waals surface area contributed by atoms with Crippen LogP contribution in [0.2, 0.25) is 0 Å². The average molecular weight is 385 g/mol. The van der Waals surface area contributed by atoms with Gasteiger partial charge in [-0.25, -0.2) is 9.37 Å². The zero-order valence-corrected chi connectivity index (χ0v) is 15.4. The van der Waals surface area contributed by atoms with Crippen LogP contribution in [-0.4, -0.2) is 23.9 Å². The maximum absolute atomic E-state index is 13.7. The Hall–Kier alpha value is -3.26. The predicted molar refractivity (Wildman–Crippen MR) is 105 cm³/mol. The minimum Gasteiger partial charge on any atom is -0.494 e. The van der Waals surface area contributed by atoms with Gasteiger partial charge in [-0.05, 0) is 42.0 Å². The number of carbonyl (C=O) groups excluding carboxylic acids is 2. The van der Waals surface area contributed by atoms with E-state index in [4.69, 9.17) is 4.74 Å². The molecule has 6 nitrogen and oxygen atoms in total. The third kappa shape index (κ3) is 4.68. The predicted octanol–water partition coefficient (Wildman–Crippen LogP) is 4.05. The van der Waals surface area contributed by atoms with Crippen LogP contribution in [0.3, 0.4) is 0 Å². The fourth-order valence-electron chi connectivity index (χ4n) is 2.35. The van der Waals surface area contributed by atoms with Crippen molar-refractivity contribution in [2.75, 3.05) is 17.7 Å². The van der Waals surface area contributed by atoms with Crippen LogP contribution in [0.15, 0.2) is 42.5 Å². The van der Waals surface area contributed by atoms with Crippen molar-refractivity contribution < 1.29 is 18.7 Å². The number of anilines is 2. The number of methoxy groups -OCH3 is 1. The molecule has 0 spiro atoms. The van der Waals surface area contributed by atoms with Crippen LogP contribution in [0.25, 0.3) is 16.3 Å². The van der Waals surface area contributed by atoms with E-state index in [1.165, 1.54) is 49.7 Å². The summed E-state index contributed by atoms with van der Waals surface area (Å²) >= 11 is 1.32. The lowest BCUT2D eigenvalue weighted by molar-refractivity contribution is -0.114. The number of halogens is 1. The first-order chi connectivity index (χ1) is 12.9. The average Bonchev–Trinajstić information content (AvgIpc) is 3.00. The zero-order chi connectivity index (χ0) is 19.4. The van der Waals surface area contributed by atoms with E-state index in [9.17, 15) is 14.0 Å². The van der Waals surface area contributed by atoms with Crippen molar-refractivity contribution >= 4 is 50.3 Å². The Kier molecular flexibility index (Phi) is 5.46. The highest BCUT2D eigenvalue weighted by Crippen LogP contribution is 2.28. The van der Waals surface area contributed by atoms with Crippen molar-refractivity contribution in [3.63, 3.8) is 0 Å². The van der Waals surface area contributed by atoms with E-state index in [2.05, 4.69) is 15.6 Å². The standard InChI is InChI=1S/C19H16FN3O3S/c1-11(24)21-19-23-15-6-5-13(10-17(15)27-19)22-18(25)8-4-12-3-7-16(26-2)14(20)9-12/h3-10H,1-2H3,(H,22,25)(H,21,23,24). The Balaban J connectivity index is 1.69. The molecule has 1 aromatic heterocycles. The number of carbonyl (C=O) groups is 2. The van der Waals surface area contributed by atoms with Crippen molar-refractivity contribution in [3.8, 4) is 5.75 Å². The second-order valence-electron chi connectivity index (χ2n) is 5.60. The summed E-state index contributed by atoms with van der Waals surface area (Å²) in [6.45, 7) is 1.42. The second-order valence-corrected chi connectivity index (χ2v) is 6.63. The first-order valence-electron chi connectivity index (χ1n) is 7.95. The molecule has 2 N–H and O–H groups in total. The number of hydrogen-bond donors (Lipinski definition) is 2. The maximum Gasteiger partial charge on any atom is 0.248 e. The third-order valence-electron chi connectivity index (χ3n) is 3.54. The minimum absolute atomic E-state index is 0.146. The van der Waals surface area contributed by atoms with Crippen LogP contribution in [0.5, 0.6) is 5.75 Å². The van der Waals surface area contributed by atoms with Gasteiger partial charge in [0.2, 0.25) is 11.8 Å². The van der Waals surface area contributed by atoms with Crippen LogP contribution in [0, 0.1) is 5.82 Å². The summed E-state index contributed by atoms with van der Waals surface area (Å²) in [5, 5.41) is 5.88. The summed E-state index contributed by atoms with van der Waals surface area (Å²) in [5.41, 5.74) is 1.86. The number of hydrogen-bond acceptors (Lipinski definition) is 5. The number of thiazole rings is 1. The van der Waals surface area contributed by atoms with Gasteiger partial charge in [-0.1, -0.05) is 17.4 Å². The van der Waals surface area contributed by atoms with Crippen molar-refractivity contribution in [2.24, 2.45) is 0 Å². The number of amides is 2. The van der Waals surface area contributed by atoms with Gasteiger partial charge >= 0.3 is 0 Å². The normalized spacial score (nSPS) is 10.9. The van der Waals surface area contributed by atoms with Crippen molar-refractivity contribution in [1.82, 2.24) is 4.98 Å². The van der Waals surface area contributed by atoms with E-state index >= 15 is 0 Å². The first-order valence-corrected chi connectivity index (χ1v) is 8.77. The SMILES string of the molecule is COc1ccc(C=CC(=O)Nc2ccc3nc(NC(C)=O)sc3c2)cc1F. The Morgan fingerprint density at radius 3 is 2.70 bits per heavy atom. The molecule has 0 aliphatic carbocycles. The van der Waals surface area contributed by atoms with Crippen molar-refractivity contribution in [1.29, 1.82) is 0 Å². The molecule has 0 saturated heterocycles. The van der Waals surface area contributed by atoms with Gasteiger partial charge in [0.05, 0.1) is 17.3 Å². The van der Waals surface area contributed by atoms with Gasteiger partial charge in [-0.2, -0.15) is 0 Å². The molecule has 0 bridgehead atoms. The van der Waals surface area contributed by atoms with Crippen LogP contribution >= 0.6 is 11.3 Å². The monoisotopic (exact) mass is 385 g/mol. The zero-order valence-electron chi connectivity index (χ0n) is 14.6. The molecule has 138 valence electrons. The number of ether oxygens (including phenoxy) is 1. The highest BCUT2D eigenvalue weighted by atomic mass is 32.1. The van der Waals surface area contributed by atoms with Gasteiger partial charge in [-0.3, -0.25) is 9.59 Å². The van der Waals surface area contributed by atoms with E-state index in [1.807, 2.05) is 0 Å². The summed E-state index contributed by atoms with van der Waals surface area (Å²) in [4.78, 5) is 27.5. The highest BCUT2D eigenvalue weighted by Gasteiger charge is 2.07. The smallest absolute Gasteiger partial charge is 0.248 e. The van der Waals surface area contributed by atoms with Crippen molar-refractivity contribution in [2.45, 2.75) is 6.92 Å². The Morgan fingerprint density at radius 1 is 1.19 bits per heavy atom. The number of rotatable bonds is 5. The second kappa shape index (κ2) is 7.96. The lowest BCUT2D eigenvalue weighted by Crippen LogP contribution is -2.07. The Bertz CT molecular complexity index is 1050. The fraction of sp³-hybridized carbons (Fsp3) is 0.105. The van der Waals surface area contributed by atoms with Gasteiger partial charge in [0.1, 0.15) is 0 Å². The number of nitrogens with zero attached hydrogens (tertiary/aromatic N) is 1.